The number of unbranched alkanes of at least 4 members (excludes halogenated alkanes) is 5. The molecule has 0 amide bonds. The van der Waals surface area contributed by atoms with Gasteiger partial charge in [0.05, 0.1) is 43.2 Å². The van der Waals surface area contributed by atoms with Crippen molar-refractivity contribution < 1.29 is 94.1 Å². The molecule has 26 heteroatoms. The summed E-state index contributed by atoms with van der Waals surface area (Å²) < 4.78 is 35.3. The minimum absolute atomic E-state index is 0.0290. The van der Waals surface area contributed by atoms with Crippen LogP contribution < -0.4 is 20.6 Å². The van der Waals surface area contributed by atoms with Crippen molar-refractivity contribution in [3.05, 3.63) is 34.1 Å². The van der Waals surface area contributed by atoms with Crippen LogP contribution in [-0.2, 0) is 41.5 Å². The number of nitro benzene ring substituents is 1. The van der Waals surface area contributed by atoms with Gasteiger partial charge in [-0.2, -0.15) is 0 Å². The van der Waals surface area contributed by atoms with Crippen LogP contribution in [0.4, 0.5) is 11.4 Å². The number of aryl methyl sites for hydroxylation is 1. The Labute approximate surface area is 347 Å². The minimum atomic E-state index is -1.93. The summed E-state index contributed by atoms with van der Waals surface area (Å²) in [5.74, 6) is 0.135. The molecule has 0 aliphatic carbocycles. The number of aliphatic hydroxyl groups is 10. The number of nitrogens with zero attached hydrogens (tertiary/aromatic N) is 4. The second kappa shape index (κ2) is 21.7. The first-order valence-corrected chi connectivity index (χ1v) is 19.9. The maximum Gasteiger partial charge on any atom is 0.317 e. The van der Waals surface area contributed by atoms with Gasteiger partial charge in [0.1, 0.15) is 78.9 Å². The zero-order valence-electron chi connectivity index (χ0n) is 32.7. The van der Waals surface area contributed by atoms with E-state index in [0.717, 1.165) is 32.1 Å². The van der Waals surface area contributed by atoms with E-state index < -0.39 is 117 Å². The van der Waals surface area contributed by atoms with Crippen LogP contribution in [0.25, 0.3) is 0 Å². The van der Waals surface area contributed by atoms with Crippen LogP contribution in [0.2, 0.25) is 0 Å². The number of nitrogens with one attached hydrogen (secondary N) is 2. The number of ether oxygens (including phenoxy) is 6. The Bertz CT molecular complexity index is 1700. The highest BCUT2D eigenvalue weighted by Crippen LogP contribution is 2.44. The van der Waals surface area contributed by atoms with Gasteiger partial charge in [-0.15, -0.1) is 5.10 Å². The Morgan fingerprint density at radius 3 is 1.90 bits per heavy atom. The third-order valence-electron chi connectivity index (χ3n) is 10.8. The minimum Gasteiger partial charge on any atom is -0.394 e. The number of hydrogen-bond donors (Lipinski definition) is 12. The van der Waals surface area contributed by atoms with Crippen molar-refractivity contribution in [1.29, 1.82) is 0 Å². The maximum absolute atomic E-state index is 11.2. The fraction of sp³-hybridized carbons (Fsp3) is 0.771. The number of rotatable bonds is 21. The SMILES string of the molecule is O=[N+]([O-])c1ccc(NCc2cn(CCCCCCCCO[C@@H]3O[C@H](CO)[C@H](O)[C@H](O[C@@H]4O[C@H](CO)[C@H](O)[C@H](O[C@@H]5O[C@H](CO)[C@H](O)[C@H](O)[C@H]5O)[C@H]4O)[C@H]3O)nn2)c2c1ONO2. The number of hydrogen-bond acceptors (Lipinski definition) is 24. The summed E-state index contributed by atoms with van der Waals surface area (Å²) >= 11 is 0. The summed E-state index contributed by atoms with van der Waals surface area (Å²) in [6, 6.07) is 2.82. The first-order chi connectivity index (χ1) is 29.4. The van der Waals surface area contributed by atoms with Gasteiger partial charge in [-0.1, -0.05) is 30.9 Å². The van der Waals surface area contributed by atoms with Crippen LogP contribution in [-0.4, -0.2) is 190 Å². The molecule has 26 nitrogen and oxygen atoms in total. The average molecular weight is 879 g/mol. The standard InChI is InChI=1S/C35H54N6O20/c42-13-19-22(45)25(48)26(49)34(56-19)58-32-24(47)21(15-44)57-35(28(32)51)59-31-23(46)20(14-43)55-33(27(31)50)54-10-6-4-2-1-3-5-9-40-12-16(37-38-40)11-36-17-7-8-18(41(52)53)30-29(17)60-39-61-30/h7-8,12,19-28,31-36,39,42-51H,1-6,9-11,13-15H2/t19-,20-,21-,22+,23+,24+,25+,26-,27-,28-,31+,32+,33-,34+,35+/m1/s1. The molecule has 3 saturated heterocycles. The summed E-state index contributed by atoms with van der Waals surface area (Å²) in [6.07, 6.45) is -18.3. The van der Waals surface area contributed by atoms with E-state index in [1.54, 1.807) is 10.9 Å². The molecular weight excluding hydrogens is 824 g/mol. The lowest BCUT2D eigenvalue weighted by molar-refractivity contribution is -0.385. The van der Waals surface area contributed by atoms with Gasteiger partial charge in [0.2, 0.25) is 5.75 Å². The summed E-state index contributed by atoms with van der Waals surface area (Å²) in [6.45, 7) is -1.25. The Kier molecular flexibility index (Phi) is 16.7. The van der Waals surface area contributed by atoms with Gasteiger partial charge >= 0.3 is 5.69 Å². The largest absolute Gasteiger partial charge is 0.394 e. The molecule has 61 heavy (non-hydrogen) atoms. The third-order valence-corrected chi connectivity index (χ3v) is 10.8. The molecule has 1 aromatic carbocycles. The molecule has 4 aliphatic heterocycles. The van der Waals surface area contributed by atoms with Gasteiger partial charge in [-0.05, 0) is 18.9 Å². The lowest BCUT2D eigenvalue weighted by atomic mass is 9.96. The fourth-order valence-corrected chi connectivity index (χ4v) is 7.30. The number of aliphatic hydroxyl groups excluding tert-OH is 10. The van der Waals surface area contributed by atoms with E-state index in [2.05, 4.69) is 21.3 Å². The summed E-state index contributed by atoms with van der Waals surface area (Å²) in [5, 5.41) is 127. The topological polar surface area (TPSA) is 374 Å². The number of fused-ring (bicyclic) bond motifs is 1. The predicted octanol–water partition coefficient (Wildman–Crippen LogP) is -4.21. The van der Waals surface area contributed by atoms with Crippen LogP contribution in [0.3, 0.4) is 0 Å². The van der Waals surface area contributed by atoms with E-state index in [9.17, 15) is 61.2 Å². The molecule has 5 heterocycles. The molecule has 2 aromatic rings. The van der Waals surface area contributed by atoms with Crippen LogP contribution >= 0.6 is 0 Å². The van der Waals surface area contributed by atoms with E-state index >= 15 is 0 Å². The molecule has 3 fully saturated rings. The van der Waals surface area contributed by atoms with Crippen molar-refractivity contribution in [3.8, 4) is 11.5 Å². The highest BCUT2D eigenvalue weighted by Gasteiger charge is 2.54. The van der Waals surface area contributed by atoms with Gasteiger partial charge in [0.25, 0.3) is 5.75 Å². The highest BCUT2D eigenvalue weighted by atomic mass is 16.9. The van der Waals surface area contributed by atoms with Gasteiger partial charge in [0.15, 0.2) is 18.9 Å². The first-order valence-electron chi connectivity index (χ1n) is 19.9. The number of nitro groups is 1. The van der Waals surface area contributed by atoms with Gasteiger partial charge in [-0.3, -0.25) is 14.8 Å². The fourth-order valence-electron chi connectivity index (χ4n) is 7.30. The smallest absolute Gasteiger partial charge is 0.317 e. The second-order valence-corrected chi connectivity index (χ2v) is 15.0. The number of benzene rings is 1. The van der Waals surface area contributed by atoms with Gasteiger partial charge in [-0.25, -0.2) is 0 Å². The molecular formula is C35H54N6O20. The summed E-state index contributed by atoms with van der Waals surface area (Å²) in [5.41, 5.74) is 3.05. The Balaban J connectivity index is 0.912. The molecule has 0 unspecified atom stereocenters. The molecule has 15 atom stereocenters. The van der Waals surface area contributed by atoms with Crippen molar-refractivity contribution in [3.63, 3.8) is 0 Å². The monoisotopic (exact) mass is 878 g/mol. The highest BCUT2D eigenvalue weighted by molar-refractivity contribution is 5.70. The quantitative estimate of drug-likeness (QED) is 0.0321. The average Bonchev–Trinajstić information content (AvgIpc) is 3.94. The van der Waals surface area contributed by atoms with E-state index in [-0.39, 0.29) is 30.3 Å². The Hall–Kier alpha value is -3.52. The van der Waals surface area contributed by atoms with E-state index in [4.69, 9.17) is 38.1 Å². The maximum atomic E-state index is 11.2. The Morgan fingerprint density at radius 2 is 1.26 bits per heavy atom. The van der Waals surface area contributed by atoms with Crippen molar-refractivity contribution in [2.24, 2.45) is 0 Å². The third kappa shape index (κ3) is 11.0. The zero-order valence-corrected chi connectivity index (χ0v) is 32.7. The van der Waals surface area contributed by atoms with Crippen LogP contribution in [0.15, 0.2) is 18.3 Å². The van der Waals surface area contributed by atoms with Crippen molar-refractivity contribution >= 4 is 11.4 Å². The van der Waals surface area contributed by atoms with Crippen molar-refractivity contribution in [2.45, 2.75) is 144 Å². The van der Waals surface area contributed by atoms with Crippen LogP contribution in [0, 0.1) is 10.1 Å². The first kappa shape index (κ1) is 47.0. The van der Waals surface area contributed by atoms with E-state index in [1.165, 1.54) is 12.1 Å². The molecule has 0 spiro atoms. The normalized spacial score (nSPS) is 35.0. The molecule has 344 valence electrons. The lowest BCUT2D eigenvalue weighted by Gasteiger charge is -2.48. The number of aromatic nitrogens is 3. The lowest BCUT2D eigenvalue weighted by Crippen LogP contribution is -2.67. The second-order valence-electron chi connectivity index (χ2n) is 15.0. The summed E-state index contributed by atoms with van der Waals surface area (Å²) in [4.78, 5) is 20.8. The molecule has 0 saturated carbocycles. The van der Waals surface area contributed by atoms with Crippen molar-refractivity contribution in [2.75, 3.05) is 31.7 Å². The molecule has 4 aliphatic rings. The molecule has 12 N–H and O–H groups in total. The molecule has 0 bridgehead atoms. The van der Waals surface area contributed by atoms with Crippen LogP contribution in [0.5, 0.6) is 11.5 Å². The zero-order chi connectivity index (χ0) is 43.8. The van der Waals surface area contributed by atoms with Crippen LogP contribution in [0.1, 0.15) is 44.2 Å². The molecule has 0 radical (unpaired) electrons. The number of anilines is 1. The predicted molar refractivity (Wildman–Crippen MR) is 198 cm³/mol. The molecule has 1 aromatic heterocycles. The Morgan fingerprint density at radius 1 is 0.705 bits per heavy atom. The van der Waals surface area contributed by atoms with E-state index in [1.807, 2.05) is 0 Å². The van der Waals surface area contributed by atoms with Gasteiger partial charge in [0, 0.05) is 24.9 Å². The summed E-state index contributed by atoms with van der Waals surface area (Å²) in [7, 11) is 0. The van der Waals surface area contributed by atoms with Crippen molar-refractivity contribution in [1.82, 2.24) is 20.6 Å². The molecule has 6 rings (SSSR count). The van der Waals surface area contributed by atoms with E-state index in [0.29, 0.717) is 24.3 Å². The van der Waals surface area contributed by atoms with Gasteiger partial charge < -0.3 is 94.5 Å².